The lowest BCUT2D eigenvalue weighted by Crippen LogP contribution is -1.99. The minimum absolute atomic E-state index is 0.0415. The Morgan fingerprint density at radius 1 is 1.00 bits per heavy atom. The second-order valence-electron chi connectivity index (χ2n) is 5.58. The average molecular weight is 363 g/mol. The van der Waals surface area contributed by atoms with Crippen LogP contribution in [0.2, 0.25) is 5.02 Å². The topological polar surface area (TPSA) is 76.7 Å². The first kappa shape index (κ1) is 16.1. The molecule has 0 fully saturated rings. The summed E-state index contributed by atoms with van der Waals surface area (Å²) in [6, 6.07) is 18.6. The van der Waals surface area contributed by atoms with Crippen LogP contribution in [-0.2, 0) is 0 Å². The van der Waals surface area contributed by atoms with Crippen LogP contribution >= 0.6 is 11.6 Å². The normalized spacial score (nSPS) is 10.8. The first-order valence-corrected chi connectivity index (χ1v) is 8.13. The zero-order valence-corrected chi connectivity index (χ0v) is 14.1. The van der Waals surface area contributed by atoms with Crippen LogP contribution in [0.15, 0.2) is 72.0 Å². The Morgan fingerprint density at radius 3 is 2.58 bits per heavy atom. The monoisotopic (exact) mass is 362 g/mol. The van der Waals surface area contributed by atoms with Crippen LogP contribution in [0.4, 0.5) is 0 Å². The van der Waals surface area contributed by atoms with Gasteiger partial charge in [-0.15, -0.1) is 4.91 Å². The molecule has 126 valence electrons. The molecule has 6 nitrogen and oxygen atoms in total. The van der Waals surface area contributed by atoms with Gasteiger partial charge in [0.05, 0.1) is 5.69 Å². The van der Waals surface area contributed by atoms with Gasteiger partial charge in [0.25, 0.3) is 0 Å². The SMILES string of the molecule is O=NC(=O)c1cc2nccc(-c3ccccc3-c3cccc(Cl)c3)n2n1. The second-order valence-corrected chi connectivity index (χ2v) is 6.02. The maximum atomic E-state index is 11.6. The molecule has 0 spiro atoms. The number of carbonyl (C=O) groups excluding carboxylic acids is 1. The van der Waals surface area contributed by atoms with Crippen molar-refractivity contribution in [1.82, 2.24) is 14.6 Å². The maximum Gasteiger partial charge on any atom is 0.336 e. The van der Waals surface area contributed by atoms with E-state index in [0.717, 1.165) is 22.4 Å². The van der Waals surface area contributed by atoms with Gasteiger partial charge in [0.1, 0.15) is 0 Å². The minimum atomic E-state index is -0.926. The molecular weight excluding hydrogens is 352 g/mol. The summed E-state index contributed by atoms with van der Waals surface area (Å²) in [4.78, 5) is 26.3. The predicted molar refractivity (Wildman–Crippen MR) is 99.0 cm³/mol. The van der Waals surface area contributed by atoms with E-state index in [-0.39, 0.29) is 5.69 Å². The summed E-state index contributed by atoms with van der Waals surface area (Å²) in [6.45, 7) is 0. The van der Waals surface area contributed by atoms with Crippen molar-refractivity contribution in [3.63, 3.8) is 0 Å². The van der Waals surface area contributed by atoms with E-state index < -0.39 is 5.91 Å². The number of nitrogens with zero attached hydrogens (tertiary/aromatic N) is 4. The Labute approximate surface area is 153 Å². The molecule has 4 aromatic rings. The molecule has 2 heterocycles. The molecule has 0 bridgehead atoms. The van der Waals surface area contributed by atoms with Crippen molar-refractivity contribution in [3.8, 4) is 22.4 Å². The van der Waals surface area contributed by atoms with E-state index in [1.165, 1.54) is 10.6 Å². The predicted octanol–water partition coefficient (Wildman–Crippen LogP) is 4.62. The molecule has 1 amide bonds. The standard InChI is InChI=1S/C19H11ClN4O2/c20-13-5-3-4-12(10-13)14-6-1-2-7-15(14)17-8-9-21-18-11-16(19(25)23-26)22-24(17)18/h1-11H. The number of halogens is 1. The zero-order chi connectivity index (χ0) is 18.1. The van der Waals surface area contributed by atoms with E-state index in [9.17, 15) is 9.70 Å². The smallest absolute Gasteiger partial charge is 0.261 e. The van der Waals surface area contributed by atoms with Crippen molar-refractivity contribution in [2.24, 2.45) is 5.18 Å². The Morgan fingerprint density at radius 2 is 1.81 bits per heavy atom. The Kier molecular flexibility index (Phi) is 4.02. The quantitative estimate of drug-likeness (QED) is 0.498. The third-order valence-corrected chi connectivity index (χ3v) is 4.23. The number of rotatable bonds is 3. The van der Waals surface area contributed by atoms with Crippen LogP contribution < -0.4 is 0 Å². The van der Waals surface area contributed by atoms with E-state index in [1.54, 1.807) is 12.3 Å². The number of carbonyl (C=O) groups is 1. The number of nitroso groups, excluding NO2 is 1. The van der Waals surface area contributed by atoms with Gasteiger partial charge in [-0.3, -0.25) is 4.79 Å². The second kappa shape index (κ2) is 6.50. The molecule has 0 N–H and O–H groups in total. The highest BCUT2D eigenvalue weighted by Gasteiger charge is 2.16. The number of hydrogen-bond donors (Lipinski definition) is 0. The zero-order valence-electron chi connectivity index (χ0n) is 13.3. The number of fused-ring (bicyclic) bond motifs is 1. The van der Waals surface area contributed by atoms with Gasteiger partial charge in [-0.2, -0.15) is 5.10 Å². The first-order chi connectivity index (χ1) is 12.7. The number of aromatic nitrogens is 3. The van der Waals surface area contributed by atoms with E-state index >= 15 is 0 Å². The number of hydrogen-bond acceptors (Lipinski definition) is 4. The van der Waals surface area contributed by atoms with Crippen LogP contribution in [0.5, 0.6) is 0 Å². The van der Waals surface area contributed by atoms with E-state index in [4.69, 9.17) is 11.6 Å². The third-order valence-electron chi connectivity index (χ3n) is 4.00. The van der Waals surface area contributed by atoms with Crippen LogP contribution in [-0.4, -0.2) is 20.5 Å². The molecule has 0 aliphatic heterocycles. The van der Waals surface area contributed by atoms with Gasteiger partial charge in [0, 0.05) is 28.0 Å². The molecule has 0 atom stereocenters. The summed E-state index contributed by atoms with van der Waals surface area (Å²) in [5.41, 5.74) is 3.95. The summed E-state index contributed by atoms with van der Waals surface area (Å²) in [7, 11) is 0. The lowest BCUT2D eigenvalue weighted by atomic mass is 9.97. The van der Waals surface area contributed by atoms with E-state index in [2.05, 4.69) is 15.3 Å². The van der Waals surface area contributed by atoms with Crippen molar-refractivity contribution in [3.05, 3.63) is 82.5 Å². The molecular formula is C19H11ClN4O2. The van der Waals surface area contributed by atoms with Crippen molar-refractivity contribution in [2.75, 3.05) is 0 Å². The summed E-state index contributed by atoms with van der Waals surface area (Å²) in [5.74, 6) is -0.926. The van der Waals surface area contributed by atoms with Crippen molar-refractivity contribution in [1.29, 1.82) is 0 Å². The number of amides is 1. The fourth-order valence-corrected chi connectivity index (χ4v) is 3.05. The third kappa shape index (κ3) is 2.76. The average Bonchev–Trinajstić information content (AvgIpc) is 3.12. The van der Waals surface area contributed by atoms with Gasteiger partial charge in [-0.25, -0.2) is 9.50 Å². The molecule has 0 aliphatic carbocycles. The first-order valence-electron chi connectivity index (χ1n) is 7.75. The molecule has 7 heteroatoms. The summed E-state index contributed by atoms with van der Waals surface area (Å²) < 4.78 is 1.53. The van der Waals surface area contributed by atoms with Crippen LogP contribution in [0, 0.1) is 4.91 Å². The lowest BCUT2D eigenvalue weighted by Gasteiger charge is -2.11. The van der Waals surface area contributed by atoms with Crippen LogP contribution in [0.25, 0.3) is 28.0 Å². The van der Waals surface area contributed by atoms with Crippen molar-refractivity contribution < 1.29 is 4.79 Å². The van der Waals surface area contributed by atoms with Crippen LogP contribution in [0.3, 0.4) is 0 Å². The molecule has 2 aromatic heterocycles. The summed E-state index contributed by atoms with van der Waals surface area (Å²) in [5, 5.41) is 7.26. The molecule has 0 saturated heterocycles. The van der Waals surface area contributed by atoms with E-state index in [0.29, 0.717) is 10.7 Å². The van der Waals surface area contributed by atoms with Gasteiger partial charge in [0.2, 0.25) is 0 Å². The Hall–Kier alpha value is -3.38. The maximum absolute atomic E-state index is 11.6. The van der Waals surface area contributed by atoms with Gasteiger partial charge in [-0.05, 0) is 29.3 Å². The van der Waals surface area contributed by atoms with Crippen molar-refractivity contribution in [2.45, 2.75) is 0 Å². The van der Waals surface area contributed by atoms with E-state index in [1.807, 2.05) is 48.5 Å². The molecule has 0 unspecified atom stereocenters. The number of benzene rings is 2. The summed E-state index contributed by atoms with van der Waals surface area (Å²) in [6.07, 6.45) is 1.63. The highest BCUT2D eigenvalue weighted by molar-refractivity contribution is 6.30. The highest BCUT2D eigenvalue weighted by Crippen LogP contribution is 2.33. The van der Waals surface area contributed by atoms with Crippen molar-refractivity contribution >= 4 is 23.2 Å². The molecule has 2 aromatic carbocycles. The fourth-order valence-electron chi connectivity index (χ4n) is 2.86. The highest BCUT2D eigenvalue weighted by atomic mass is 35.5. The lowest BCUT2D eigenvalue weighted by molar-refractivity contribution is 0.0996. The fraction of sp³-hybridized carbons (Fsp3) is 0. The Bertz CT molecular complexity index is 1150. The summed E-state index contributed by atoms with van der Waals surface area (Å²) >= 11 is 6.14. The van der Waals surface area contributed by atoms with Gasteiger partial charge in [-0.1, -0.05) is 48.0 Å². The molecule has 0 radical (unpaired) electrons. The van der Waals surface area contributed by atoms with Gasteiger partial charge < -0.3 is 0 Å². The molecule has 26 heavy (non-hydrogen) atoms. The van der Waals surface area contributed by atoms with Gasteiger partial charge >= 0.3 is 5.91 Å². The molecule has 0 aliphatic rings. The van der Waals surface area contributed by atoms with Gasteiger partial charge in [0.15, 0.2) is 11.3 Å². The minimum Gasteiger partial charge on any atom is -0.261 e. The Balaban J connectivity index is 1.95. The molecule has 0 saturated carbocycles. The van der Waals surface area contributed by atoms with Crippen LogP contribution in [0.1, 0.15) is 10.5 Å². The molecule has 4 rings (SSSR count). The largest absolute Gasteiger partial charge is 0.336 e.